The van der Waals surface area contributed by atoms with Crippen molar-refractivity contribution >= 4 is 33.6 Å². The number of nitrogens with zero attached hydrogens (tertiary/aromatic N) is 1. The van der Waals surface area contributed by atoms with Gasteiger partial charge in [-0.1, -0.05) is 41.9 Å². The van der Waals surface area contributed by atoms with Crippen LogP contribution < -0.4 is 9.46 Å². The zero-order chi connectivity index (χ0) is 30.7. The number of carbonyl (C=O) groups excluding carboxylic acids is 2. The van der Waals surface area contributed by atoms with Crippen molar-refractivity contribution in [1.29, 1.82) is 0 Å². The number of hydrogen-bond donors (Lipinski definition) is 1. The lowest BCUT2D eigenvalue weighted by atomic mass is 9.81. The topological polar surface area (TPSA) is 102 Å². The molecule has 0 spiro atoms. The number of piperidine rings is 1. The Morgan fingerprint density at radius 2 is 1.69 bits per heavy atom. The summed E-state index contributed by atoms with van der Waals surface area (Å²) in [5, 5.41) is 0.560. The van der Waals surface area contributed by atoms with Gasteiger partial charge in [0.25, 0.3) is 15.9 Å². The predicted octanol–water partition coefficient (Wildman–Crippen LogP) is 6.16. The lowest BCUT2D eigenvalue weighted by Gasteiger charge is -2.39. The minimum atomic E-state index is -4.73. The second kappa shape index (κ2) is 12.7. The third-order valence-electron chi connectivity index (χ3n) is 6.68. The fraction of sp³-hybridized carbons (Fsp3) is 0.333. The molecule has 3 aromatic rings. The van der Waals surface area contributed by atoms with Crippen LogP contribution in [0, 0.1) is 17.6 Å². The smallest absolute Gasteiger partial charge is 0.410 e. The summed E-state index contributed by atoms with van der Waals surface area (Å²) in [5.41, 5.74) is 0.281. The lowest BCUT2D eigenvalue weighted by Crippen LogP contribution is -2.46. The van der Waals surface area contributed by atoms with Crippen molar-refractivity contribution < 1.29 is 36.3 Å². The van der Waals surface area contributed by atoms with E-state index in [2.05, 4.69) is 0 Å². The summed E-state index contributed by atoms with van der Waals surface area (Å²) in [5.74, 6) is -4.37. The van der Waals surface area contributed by atoms with Crippen LogP contribution in [-0.2, 0) is 14.8 Å². The summed E-state index contributed by atoms with van der Waals surface area (Å²) >= 11 is 6.05. The van der Waals surface area contributed by atoms with E-state index in [4.69, 9.17) is 21.1 Å². The summed E-state index contributed by atoms with van der Waals surface area (Å²) in [4.78, 5) is 25.6. The van der Waals surface area contributed by atoms with Gasteiger partial charge in [-0.25, -0.2) is 26.7 Å². The fourth-order valence-corrected chi connectivity index (χ4v) is 5.86. The van der Waals surface area contributed by atoms with E-state index in [1.807, 2.05) is 12.1 Å². The van der Waals surface area contributed by atoms with Gasteiger partial charge in [0, 0.05) is 41.7 Å². The van der Waals surface area contributed by atoms with Crippen molar-refractivity contribution in [3.63, 3.8) is 0 Å². The zero-order valence-electron chi connectivity index (χ0n) is 23.3. The summed E-state index contributed by atoms with van der Waals surface area (Å²) in [6.45, 7) is 5.83. The molecule has 0 aliphatic carbocycles. The van der Waals surface area contributed by atoms with E-state index in [9.17, 15) is 22.4 Å². The molecule has 2 atom stereocenters. The second-order valence-electron chi connectivity index (χ2n) is 11.0. The number of amides is 2. The highest BCUT2D eigenvalue weighted by molar-refractivity contribution is 7.90. The predicted molar refractivity (Wildman–Crippen MR) is 153 cm³/mol. The van der Waals surface area contributed by atoms with Gasteiger partial charge < -0.3 is 14.4 Å². The summed E-state index contributed by atoms with van der Waals surface area (Å²) in [7, 11) is -4.73. The highest BCUT2D eigenvalue weighted by Gasteiger charge is 2.35. The van der Waals surface area contributed by atoms with Crippen LogP contribution in [0.3, 0.4) is 0 Å². The van der Waals surface area contributed by atoms with Gasteiger partial charge in [0.1, 0.15) is 16.3 Å². The number of likely N-dealkylation sites (tertiary alicyclic amines) is 1. The molecule has 224 valence electrons. The van der Waals surface area contributed by atoms with E-state index in [-0.39, 0.29) is 30.6 Å². The first-order chi connectivity index (χ1) is 19.7. The molecular formula is C30H31ClF2N2O6S. The molecule has 0 saturated carbocycles. The number of hydrogen-bond acceptors (Lipinski definition) is 6. The minimum Gasteiger partial charge on any atom is -0.490 e. The van der Waals surface area contributed by atoms with E-state index in [1.54, 1.807) is 48.6 Å². The molecule has 12 heteroatoms. The molecule has 3 aromatic carbocycles. The van der Waals surface area contributed by atoms with Crippen LogP contribution in [0.25, 0.3) is 0 Å². The second-order valence-corrected chi connectivity index (χ2v) is 13.0. The van der Waals surface area contributed by atoms with Gasteiger partial charge in [0.2, 0.25) is 0 Å². The maximum absolute atomic E-state index is 15.1. The molecule has 0 bridgehead atoms. The van der Waals surface area contributed by atoms with E-state index in [0.29, 0.717) is 30.1 Å². The summed E-state index contributed by atoms with van der Waals surface area (Å²) in [6, 6.07) is 15.8. The third-order valence-corrected chi connectivity index (χ3v) is 8.27. The monoisotopic (exact) mass is 620 g/mol. The van der Waals surface area contributed by atoms with E-state index >= 15 is 4.39 Å². The SMILES string of the molecule is CC(C)(C)OC(=O)N1CCC(c2ccc(Cl)cc2)C(COc2cc(F)c(S(=O)(=O)NC(=O)c3ccccc3)cc2F)C1. The zero-order valence-corrected chi connectivity index (χ0v) is 24.8. The molecule has 2 amide bonds. The van der Waals surface area contributed by atoms with E-state index in [1.165, 1.54) is 24.3 Å². The Labute approximate surface area is 248 Å². The van der Waals surface area contributed by atoms with Crippen molar-refractivity contribution in [3.8, 4) is 5.75 Å². The summed E-state index contributed by atoms with van der Waals surface area (Å²) < 4.78 is 68.4. The van der Waals surface area contributed by atoms with Crippen molar-refractivity contribution in [1.82, 2.24) is 9.62 Å². The Hall–Kier alpha value is -3.70. The van der Waals surface area contributed by atoms with Gasteiger partial charge in [0.15, 0.2) is 11.6 Å². The first-order valence-corrected chi connectivity index (χ1v) is 15.1. The fourth-order valence-electron chi connectivity index (χ4n) is 4.69. The first-order valence-electron chi connectivity index (χ1n) is 13.2. The van der Waals surface area contributed by atoms with E-state index < -0.39 is 49.9 Å². The molecule has 1 aliphatic rings. The number of ether oxygens (including phenoxy) is 2. The number of benzene rings is 3. The number of halogens is 3. The van der Waals surface area contributed by atoms with Crippen LogP contribution in [0.2, 0.25) is 5.02 Å². The molecule has 42 heavy (non-hydrogen) atoms. The van der Waals surface area contributed by atoms with Crippen LogP contribution in [0.5, 0.6) is 5.75 Å². The van der Waals surface area contributed by atoms with Crippen molar-refractivity contribution in [2.45, 2.75) is 43.6 Å². The third kappa shape index (κ3) is 7.77. The molecule has 4 rings (SSSR count). The van der Waals surface area contributed by atoms with Gasteiger partial charge in [-0.05, 0) is 62.9 Å². The van der Waals surface area contributed by atoms with E-state index in [0.717, 1.165) is 5.56 Å². The van der Waals surface area contributed by atoms with Crippen LogP contribution in [0.1, 0.15) is 49.0 Å². The largest absolute Gasteiger partial charge is 0.490 e. The van der Waals surface area contributed by atoms with Crippen LogP contribution in [-0.4, -0.2) is 50.6 Å². The van der Waals surface area contributed by atoms with Gasteiger partial charge in [-0.15, -0.1) is 0 Å². The molecule has 2 unspecified atom stereocenters. The normalized spacial score (nSPS) is 17.4. The van der Waals surface area contributed by atoms with Crippen LogP contribution >= 0.6 is 11.6 Å². The number of carbonyl (C=O) groups is 2. The molecule has 8 nitrogen and oxygen atoms in total. The van der Waals surface area contributed by atoms with Crippen molar-refractivity contribution in [3.05, 3.63) is 94.5 Å². The summed E-state index contributed by atoms with van der Waals surface area (Å²) in [6.07, 6.45) is 0.0655. The maximum atomic E-state index is 15.1. The molecule has 1 N–H and O–H groups in total. The quantitative estimate of drug-likeness (QED) is 0.340. The number of rotatable bonds is 7. The molecule has 1 heterocycles. The highest BCUT2D eigenvalue weighted by atomic mass is 35.5. The first kappa shape index (κ1) is 31.2. The van der Waals surface area contributed by atoms with Crippen LogP contribution in [0.4, 0.5) is 13.6 Å². The van der Waals surface area contributed by atoms with Gasteiger partial charge in [-0.2, -0.15) is 0 Å². The molecule has 1 aliphatic heterocycles. The van der Waals surface area contributed by atoms with Crippen molar-refractivity contribution in [2.24, 2.45) is 5.92 Å². The number of sulfonamides is 1. The molecule has 0 radical (unpaired) electrons. The Bertz CT molecular complexity index is 1550. The Balaban J connectivity index is 1.53. The van der Waals surface area contributed by atoms with Gasteiger partial charge >= 0.3 is 6.09 Å². The lowest BCUT2D eigenvalue weighted by molar-refractivity contribution is 0.0110. The molecule has 1 fully saturated rings. The Kier molecular flexibility index (Phi) is 9.42. The molecule has 1 saturated heterocycles. The Morgan fingerprint density at radius 3 is 2.33 bits per heavy atom. The highest BCUT2D eigenvalue weighted by Crippen LogP contribution is 2.35. The molecule has 0 aromatic heterocycles. The average molecular weight is 621 g/mol. The maximum Gasteiger partial charge on any atom is 0.410 e. The average Bonchev–Trinajstić information content (AvgIpc) is 2.93. The van der Waals surface area contributed by atoms with Crippen LogP contribution in [0.15, 0.2) is 71.6 Å². The standard InChI is InChI=1S/C30H31ClF2N2O6S/c1-30(2,3)41-29(37)35-14-13-23(19-9-11-22(31)12-10-19)21(17-35)18-40-26-15-25(33)27(16-24(26)32)42(38,39)34-28(36)20-7-5-4-6-8-20/h4-12,15-16,21,23H,13-14,17-18H2,1-3H3,(H,34,36). The Morgan fingerprint density at radius 1 is 1.02 bits per heavy atom. The number of nitrogens with one attached hydrogen (secondary N) is 1. The molecular weight excluding hydrogens is 590 g/mol. The van der Waals surface area contributed by atoms with Gasteiger partial charge in [0.05, 0.1) is 6.61 Å². The van der Waals surface area contributed by atoms with Crippen molar-refractivity contribution in [2.75, 3.05) is 19.7 Å². The minimum absolute atomic E-state index is 0.0325. The van der Waals surface area contributed by atoms with Gasteiger partial charge in [-0.3, -0.25) is 4.79 Å².